The van der Waals surface area contributed by atoms with Gasteiger partial charge in [0.2, 0.25) is 0 Å². The lowest BCUT2D eigenvalue weighted by Gasteiger charge is -2.31. The highest BCUT2D eigenvalue weighted by Crippen LogP contribution is 2.64. The fraction of sp³-hybridized carbons (Fsp3) is 0.0244. The number of aromatic nitrogens is 2. The molecule has 0 radical (unpaired) electrons. The van der Waals surface area contributed by atoms with Crippen molar-refractivity contribution in [2.24, 2.45) is 0 Å². The van der Waals surface area contributed by atoms with Crippen LogP contribution in [0, 0.1) is 17.9 Å². The molecule has 2 heterocycles. The fourth-order valence-electron chi connectivity index (χ4n) is 7.60. The fourth-order valence-corrected chi connectivity index (χ4v) is 7.60. The average Bonchev–Trinajstić information content (AvgIpc) is 3.58. The van der Waals surface area contributed by atoms with Crippen molar-refractivity contribution in [1.29, 1.82) is 5.26 Å². The Hall–Kier alpha value is -6.36. The van der Waals surface area contributed by atoms with Crippen LogP contribution < -0.4 is 0 Å². The van der Waals surface area contributed by atoms with Crippen molar-refractivity contribution < 1.29 is 0 Å². The van der Waals surface area contributed by atoms with E-state index in [1.165, 1.54) is 49.9 Å². The van der Waals surface area contributed by atoms with Gasteiger partial charge in [0, 0.05) is 18.0 Å². The second-order valence-electron chi connectivity index (χ2n) is 11.6. The maximum Gasteiger partial charge on any atom is 0.190 e. The molecule has 2 aromatic heterocycles. The molecule has 0 aliphatic heterocycles. The van der Waals surface area contributed by atoms with Gasteiger partial charge < -0.3 is 0 Å². The van der Waals surface area contributed by atoms with Crippen molar-refractivity contribution in [3.05, 3.63) is 173 Å². The minimum atomic E-state index is -0.538. The summed E-state index contributed by atoms with van der Waals surface area (Å²) >= 11 is 0. The van der Waals surface area contributed by atoms with Gasteiger partial charge >= 0.3 is 0 Å². The lowest BCUT2D eigenvalue weighted by Crippen LogP contribution is -2.26. The van der Waals surface area contributed by atoms with E-state index >= 15 is 0 Å². The first-order valence-electron chi connectivity index (χ1n) is 14.8. The smallest absolute Gasteiger partial charge is 0.190 e. The van der Waals surface area contributed by atoms with E-state index in [0.29, 0.717) is 11.3 Å². The number of hydrogen-bond acceptors (Lipinski definition) is 3. The van der Waals surface area contributed by atoms with E-state index < -0.39 is 5.41 Å². The monoisotopic (exact) mass is 570 g/mol. The lowest BCUT2D eigenvalue weighted by molar-refractivity contribution is 0.801. The van der Waals surface area contributed by atoms with Gasteiger partial charge in [0.25, 0.3) is 0 Å². The molecule has 45 heavy (non-hydrogen) atoms. The zero-order valence-electron chi connectivity index (χ0n) is 24.0. The van der Waals surface area contributed by atoms with E-state index in [1.54, 1.807) is 24.5 Å². The van der Waals surface area contributed by atoms with Crippen molar-refractivity contribution in [2.45, 2.75) is 5.41 Å². The third-order valence-electron chi connectivity index (χ3n) is 9.41. The highest BCUT2D eigenvalue weighted by atomic mass is 14.7. The SMILES string of the molecule is [C-]#[N+]c1ccnc(-c2ccc3c4c(ccc3c2)-c2ccc(-c3cc(C#N)ccn3)cc2C42c3ccccc3-c3ccccc32)c1. The van der Waals surface area contributed by atoms with Crippen LogP contribution in [0.25, 0.3) is 60.4 Å². The molecule has 4 nitrogen and oxygen atoms in total. The largest absolute Gasteiger partial charge is 0.259 e. The van der Waals surface area contributed by atoms with Crippen molar-refractivity contribution in [3.63, 3.8) is 0 Å². The Morgan fingerprint density at radius 1 is 0.600 bits per heavy atom. The molecule has 1 spiro atoms. The van der Waals surface area contributed by atoms with Crippen molar-refractivity contribution in [2.75, 3.05) is 0 Å². The molecule has 7 aromatic rings. The number of pyridine rings is 2. The van der Waals surface area contributed by atoms with Gasteiger partial charge in [-0.3, -0.25) is 9.97 Å². The molecule has 206 valence electrons. The number of nitrogens with zero attached hydrogens (tertiary/aromatic N) is 4. The summed E-state index contributed by atoms with van der Waals surface area (Å²) in [6.45, 7) is 7.46. The Morgan fingerprint density at radius 2 is 1.24 bits per heavy atom. The van der Waals surface area contributed by atoms with Gasteiger partial charge in [-0.2, -0.15) is 5.26 Å². The molecule has 5 aromatic carbocycles. The maximum absolute atomic E-state index is 9.59. The molecular formula is C41H22N4. The first-order valence-corrected chi connectivity index (χ1v) is 14.8. The average molecular weight is 571 g/mol. The molecule has 0 fully saturated rings. The summed E-state index contributed by atoms with van der Waals surface area (Å²) in [5, 5.41) is 11.9. The first-order chi connectivity index (χ1) is 22.2. The van der Waals surface area contributed by atoms with Crippen LogP contribution in [0.4, 0.5) is 5.69 Å². The van der Waals surface area contributed by atoms with Gasteiger partial charge in [-0.1, -0.05) is 84.9 Å². The summed E-state index contributed by atoms with van der Waals surface area (Å²) in [5.74, 6) is 0. The Balaban J connectivity index is 1.37. The molecule has 0 saturated heterocycles. The Labute approximate surface area is 260 Å². The standard InChI is InChI=1S/C41H22N4/c1-43-29-17-19-45-39(23-29)27-11-13-30-26(21-27)10-15-34-33-14-12-28(38-20-25(24-42)16-18-44-38)22-37(33)41(40(30)34)35-8-4-2-6-31(35)32-7-3-5-9-36(32)41/h2-23H. The zero-order valence-corrected chi connectivity index (χ0v) is 24.0. The molecule has 0 N–H and O–H groups in total. The molecule has 0 atom stereocenters. The third kappa shape index (κ3) is 3.40. The summed E-state index contributed by atoms with van der Waals surface area (Å²) in [7, 11) is 0. The first kappa shape index (κ1) is 25.2. The zero-order chi connectivity index (χ0) is 30.1. The van der Waals surface area contributed by atoms with E-state index in [0.717, 1.165) is 27.9 Å². The predicted molar refractivity (Wildman–Crippen MR) is 178 cm³/mol. The molecule has 4 heteroatoms. The molecule has 0 saturated carbocycles. The summed E-state index contributed by atoms with van der Waals surface area (Å²) in [4.78, 5) is 12.9. The Morgan fingerprint density at radius 3 is 2.00 bits per heavy atom. The number of rotatable bonds is 2. The minimum absolute atomic E-state index is 0.538. The van der Waals surface area contributed by atoms with E-state index in [9.17, 15) is 5.26 Å². The van der Waals surface area contributed by atoms with Crippen molar-refractivity contribution in [3.8, 4) is 50.8 Å². The van der Waals surface area contributed by atoms with Gasteiger partial charge in [0.1, 0.15) is 0 Å². The quantitative estimate of drug-likeness (QED) is 0.194. The van der Waals surface area contributed by atoms with E-state index in [-0.39, 0.29) is 0 Å². The van der Waals surface area contributed by atoms with Gasteiger partial charge in [0.05, 0.1) is 35.0 Å². The molecule has 2 aliphatic rings. The molecule has 0 amide bonds. The van der Waals surface area contributed by atoms with Crippen molar-refractivity contribution >= 4 is 16.5 Å². The minimum Gasteiger partial charge on any atom is -0.259 e. The number of benzene rings is 5. The van der Waals surface area contributed by atoms with Crippen LogP contribution in [0.5, 0.6) is 0 Å². The second kappa shape index (κ2) is 9.32. The highest BCUT2D eigenvalue weighted by molar-refractivity contribution is 6.05. The Kier molecular flexibility index (Phi) is 5.21. The molecular weight excluding hydrogens is 548 g/mol. The molecule has 0 unspecified atom stereocenters. The van der Waals surface area contributed by atoms with Crippen LogP contribution in [0.3, 0.4) is 0 Å². The molecule has 9 rings (SSSR count). The number of hydrogen-bond donors (Lipinski definition) is 0. The van der Waals surface area contributed by atoms with Crippen LogP contribution >= 0.6 is 0 Å². The topological polar surface area (TPSA) is 53.9 Å². The van der Waals surface area contributed by atoms with Gasteiger partial charge in [0.15, 0.2) is 5.69 Å². The van der Waals surface area contributed by atoms with Gasteiger partial charge in [-0.05, 0) is 97.2 Å². The van der Waals surface area contributed by atoms with Crippen LogP contribution in [0.15, 0.2) is 134 Å². The molecule has 2 aliphatic carbocycles. The van der Waals surface area contributed by atoms with Crippen LogP contribution in [-0.2, 0) is 5.41 Å². The summed E-state index contributed by atoms with van der Waals surface area (Å²) < 4.78 is 0. The third-order valence-corrected chi connectivity index (χ3v) is 9.41. The number of nitriles is 1. The lowest BCUT2D eigenvalue weighted by atomic mass is 9.69. The highest BCUT2D eigenvalue weighted by Gasteiger charge is 2.52. The molecule has 0 bridgehead atoms. The summed E-state index contributed by atoms with van der Waals surface area (Å²) in [6.07, 6.45) is 3.41. The maximum atomic E-state index is 9.59. The predicted octanol–water partition coefficient (Wildman–Crippen LogP) is 9.73. The van der Waals surface area contributed by atoms with Gasteiger partial charge in [-0.15, -0.1) is 0 Å². The van der Waals surface area contributed by atoms with Crippen LogP contribution in [0.1, 0.15) is 27.8 Å². The van der Waals surface area contributed by atoms with E-state index in [1.807, 2.05) is 12.1 Å². The summed E-state index contributed by atoms with van der Waals surface area (Å²) in [5.41, 5.74) is 14.1. The number of fused-ring (bicyclic) bond motifs is 12. The summed E-state index contributed by atoms with van der Waals surface area (Å²) in [6, 6.07) is 44.7. The van der Waals surface area contributed by atoms with E-state index in [2.05, 4.69) is 118 Å². The van der Waals surface area contributed by atoms with Crippen LogP contribution in [-0.4, -0.2) is 9.97 Å². The normalized spacial score (nSPS) is 13.0. The van der Waals surface area contributed by atoms with Crippen molar-refractivity contribution in [1.82, 2.24) is 9.97 Å². The van der Waals surface area contributed by atoms with Crippen LogP contribution in [0.2, 0.25) is 0 Å². The van der Waals surface area contributed by atoms with E-state index in [4.69, 9.17) is 6.57 Å². The second-order valence-corrected chi connectivity index (χ2v) is 11.6. The Bertz CT molecular complexity index is 2430. The van der Waals surface area contributed by atoms with Gasteiger partial charge in [-0.25, -0.2) is 4.85 Å².